The largest absolute Gasteiger partial charge is 0.389 e. The lowest BCUT2D eigenvalue weighted by atomic mass is 9.58. The lowest BCUT2D eigenvalue weighted by Crippen LogP contribution is -2.54. The average molecular weight is 234 g/mol. The lowest BCUT2D eigenvalue weighted by Gasteiger charge is -2.49. The maximum Gasteiger partial charge on any atom is 0.146 e. The second-order valence-electron chi connectivity index (χ2n) is 5.99. The summed E-state index contributed by atoms with van der Waals surface area (Å²) in [5, 5.41) is 10.7. The van der Waals surface area contributed by atoms with Crippen LogP contribution in [0, 0.1) is 17.8 Å². The molecular weight excluding hydrogens is 212 g/mol. The summed E-state index contributed by atoms with van der Waals surface area (Å²) in [6, 6.07) is 0. The second kappa shape index (κ2) is 4.09. The number of rotatable bonds is 1. The van der Waals surface area contributed by atoms with E-state index in [1.165, 1.54) is 0 Å². The molecule has 2 nitrogen and oxygen atoms in total. The summed E-state index contributed by atoms with van der Waals surface area (Å²) in [4.78, 5) is 12.4. The number of hydrogen-bond acceptors (Lipinski definition) is 2. The molecule has 2 bridgehead atoms. The Labute approximate surface area is 103 Å². The van der Waals surface area contributed by atoms with Gasteiger partial charge in [-0.15, -0.1) is 0 Å². The van der Waals surface area contributed by atoms with Crippen LogP contribution in [0.4, 0.5) is 0 Å². The van der Waals surface area contributed by atoms with Crippen LogP contribution >= 0.6 is 0 Å². The van der Waals surface area contributed by atoms with Gasteiger partial charge in [0.05, 0.1) is 11.5 Å². The predicted molar refractivity (Wildman–Crippen MR) is 68.5 cm³/mol. The molecule has 0 aromatic carbocycles. The number of carbonyl (C=O) groups is 1. The molecule has 4 atom stereocenters. The van der Waals surface area contributed by atoms with Crippen LogP contribution in [0.2, 0.25) is 0 Å². The third-order valence-electron chi connectivity index (χ3n) is 4.41. The molecule has 0 aliphatic heterocycles. The maximum atomic E-state index is 12.4. The van der Waals surface area contributed by atoms with Crippen molar-refractivity contribution in [3.63, 3.8) is 0 Å². The summed E-state index contributed by atoms with van der Waals surface area (Å²) in [5.74, 6) is 0.0596. The topological polar surface area (TPSA) is 37.3 Å². The fourth-order valence-corrected chi connectivity index (χ4v) is 3.32. The van der Waals surface area contributed by atoms with E-state index in [1.807, 2.05) is 26.8 Å². The molecule has 2 rings (SSSR count). The summed E-state index contributed by atoms with van der Waals surface area (Å²) in [7, 11) is 0. The highest BCUT2D eigenvalue weighted by Crippen LogP contribution is 2.49. The van der Waals surface area contributed by atoms with E-state index in [0.717, 1.165) is 17.6 Å². The third-order valence-corrected chi connectivity index (χ3v) is 4.41. The zero-order valence-electron chi connectivity index (χ0n) is 11.0. The standard InChI is InChI=1S/C15H22O2/c1-9(2)7-13-14(16)11(4)12-8-15(13,17)6-5-10(12)3/h7,11-13,17H,3,5-6,8H2,1-2,4H3/t11-,12-,13-,15+/m0/s1. The Morgan fingerprint density at radius 2 is 2.18 bits per heavy atom. The summed E-state index contributed by atoms with van der Waals surface area (Å²) in [6.07, 6.45) is 4.18. The minimum absolute atomic E-state index is 0.00340. The van der Waals surface area contributed by atoms with Gasteiger partial charge in [-0.25, -0.2) is 0 Å². The van der Waals surface area contributed by atoms with Crippen LogP contribution in [-0.2, 0) is 4.79 Å². The van der Waals surface area contributed by atoms with E-state index in [2.05, 4.69) is 6.58 Å². The Morgan fingerprint density at radius 1 is 1.53 bits per heavy atom. The van der Waals surface area contributed by atoms with Crippen LogP contribution in [0.1, 0.15) is 40.0 Å². The molecule has 17 heavy (non-hydrogen) atoms. The van der Waals surface area contributed by atoms with Crippen molar-refractivity contribution >= 4 is 5.78 Å². The second-order valence-corrected chi connectivity index (χ2v) is 5.99. The molecule has 0 amide bonds. The molecule has 1 N–H and O–H groups in total. The molecule has 2 saturated carbocycles. The van der Waals surface area contributed by atoms with Gasteiger partial charge in [0, 0.05) is 5.92 Å². The van der Waals surface area contributed by atoms with Gasteiger partial charge in [-0.2, -0.15) is 0 Å². The molecule has 0 heterocycles. The van der Waals surface area contributed by atoms with Crippen molar-refractivity contribution < 1.29 is 9.90 Å². The first kappa shape index (κ1) is 12.6. The minimum atomic E-state index is -0.827. The molecule has 2 fully saturated rings. The van der Waals surface area contributed by atoms with Crippen LogP contribution < -0.4 is 0 Å². The van der Waals surface area contributed by atoms with Gasteiger partial charge >= 0.3 is 0 Å². The van der Waals surface area contributed by atoms with Crippen molar-refractivity contribution in [3.05, 3.63) is 23.8 Å². The van der Waals surface area contributed by atoms with Gasteiger partial charge in [0.25, 0.3) is 0 Å². The predicted octanol–water partition coefficient (Wildman–Crippen LogP) is 2.88. The van der Waals surface area contributed by atoms with Gasteiger partial charge in [0.15, 0.2) is 0 Å². The fraction of sp³-hybridized carbons (Fsp3) is 0.667. The summed E-state index contributed by atoms with van der Waals surface area (Å²) >= 11 is 0. The molecule has 0 aromatic rings. The first-order valence-corrected chi connectivity index (χ1v) is 6.44. The highest BCUT2D eigenvalue weighted by Gasteiger charge is 2.52. The quantitative estimate of drug-likeness (QED) is 0.708. The zero-order valence-corrected chi connectivity index (χ0v) is 11.0. The third kappa shape index (κ3) is 1.99. The Morgan fingerprint density at radius 3 is 2.76 bits per heavy atom. The maximum absolute atomic E-state index is 12.4. The Bertz CT molecular complexity index is 390. The van der Waals surface area contributed by atoms with E-state index in [1.54, 1.807) is 0 Å². The van der Waals surface area contributed by atoms with E-state index < -0.39 is 5.60 Å². The highest BCUT2D eigenvalue weighted by molar-refractivity contribution is 5.88. The Balaban J connectivity index is 2.38. The van der Waals surface area contributed by atoms with Crippen molar-refractivity contribution in [1.82, 2.24) is 0 Å². The van der Waals surface area contributed by atoms with E-state index in [4.69, 9.17) is 0 Å². The molecule has 2 aliphatic carbocycles. The first-order valence-electron chi connectivity index (χ1n) is 6.44. The van der Waals surface area contributed by atoms with Crippen LogP contribution in [0.25, 0.3) is 0 Å². The SMILES string of the molecule is C=C1CC[C@@]2(O)C[C@@H]1[C@H](C)C(=O)[C@@H]2C=C(C)C. The highest BCUT2D eigenvalue weighted by atomic mass is 16.3. The summed E-state index contributed by atoms with van der Waals surface area (Å²) in [5.41, 5.74) is 1.42. The number of carbonyl (C=O) groups excluding carboxylic acids is 1. The molecular formula is C15H22O2. The number of aliphatic hydroxyl groups is 1. The number of fused-ring (bicyclic) bond motifs is 2. The van der Waals surface area contributed by atoms with Gasteiger partial charge in [-0.1, -0.05) is 30.7 Å². The number of Topliss-reactive ketones (excluding diaryl/α,β-unsaturated/α-hetero) is 1. The molecule has 0 aromatic heterocycles. The molecule has 0 saturated heterocycles. The van der Waals surface area contributed by atoms with E-state index in [9.17, 15) is 9.90 Å². The summed E-state index contributed by atoms with van der Waals surface area (Å²) in [6.45, 7) is 10.0. The summed E-state index contributed by atoms with van der Waals surface area (Å²) < 4.78 is 0. The Hall–Kier alpha value is -0.890. The van der Waals surface area contributed by atoms with Crippen LogP contribution in [0.5, 0.6) is 0 Å². The van der Waals surface area contributed by atoms with E-state index >= 15 is 0 Å². The Kier molecular flexibility index (Phi) is 3.03. The van der Waals surface area contributed by atoms with Gasteiger partial charge in [-0.3, -0.25) is 4.79 Å². The number of hydrogen-bond donors (Lipinski definition) is 1. The normalized spacial score (nSPS) is 41.3. The molecule has 2 heteroatoms. The lowest BCUT2D eigenvalue weighted by molar-refractivity contribution is -0.146. The van der Waals surface area contributed by atoms with Crippen LogP contribution in [-0.4, -0.2) is 16.5 Å². The van der Waals surface area contributed by atoms with Crippen molar-refractivity contribution in [2.24, 2.45) is 17.8 Å². The van der Waals surface area contributed by atoms with E-state index in [0.29, 0.717) is 12.8 Å². The van der Waals surface area contributed by atoms with Crippen molar-refractivity contribution in [2.45, 2.75) is 45.6 Å². The van der Waals surface area contributed by atoms with Crippen molar-refractivity contribution in [2.75, 3.05) is 0 Å². The van der Waals surface area contributed by atoms with Crippen molar-refractivity contribution in [3.8, 4) is 0 Å². The van der Waals surface area contributed by atoms with Gasteiger partial charge in [0.1, 0.15) is 5.78 Å². The van der Waals surface area contributed by atoms with E-state index in [-0.39, 0.29) is 23.5 Å². The van der Waals surface area contributed by atoms with Gasteiger partial charge < -0.3 is 5.11 Å². The van der Waals surface area contributed by atoms with Crippen LogP contribution in [0.3, 0.4) is 0 Å². The number of allylic oxidation sites excluding steroid dienone is 2. The van der Waals surface area contributed by atoms with Crippen molar-refractivity contribution in [1.29, 1.82) is 0 Å². The molecule has 2 aliphatic rings. The number of ketones is 1. The zero-order chi connectivity index (χ0) is 12.8. The monoisotopic (exact) mass is 234 g/mol. The van der Waals surface area contributed by atoms with Crippen LogP contribution in [0.15, 0.2) is 23.8 Å². The first-order chi connectivity index (χ1) is 7.85. The molecule has 0 unspecified atom stereocenters. The molecule has 0 spiro atoms. The smallest absolute Gasteiger partial charge is 0.146 e. The minimum Gasteiger partial charge on any atom is -0.389 e. The van der Waals surface area contributed by atoms with Gasteiger partial charge in [-0.05, 0) is 39.0 Å². The fourth-order valence-electron chi connectivity index (χ4n) is 3.32. The molecule has 0 radical (unpaired) electrons. The van der Waals surface area contributed by atoms with Gasteiger partial charge in [0.2, 0.25) is 0 Å². The average Bonchev–Trinajstić information content (AvgIpc) is 2.26. The molecule has 94 valence electrons.